The first-order valence-corrected chi connectivity index (χ1v) is 8.51. The van der Waals surface area contributed by atoms with E-state index in [-0.39, 0.29) is 0 Å². The summed E-state index contributed by atoms with van der Waals surface area (Å²) in [6.07, 6.45) is 0. The largest absolute Gasteiger partial charge is 0.366 e. The van der Waals surface area contributed by atoms with Crippen molar-refractivity contribution >= 4 is 27.1 Å². The fourth-order valence-corrected chi connectivity index (χ4v) is 4.15. The summed E-state index contributed by atoms with van der Waals surface area (Å²) in [5.74, 6) is 0.121. The molecule has 3 N–H and O–H groups in total. The predicted octanol–water partition coefficient (Wildman–Crippen LogP) is 0.0415. The molecule has 0 unspecified atom stereocenters. The smallest absolute Gasteiger partial charge is 0.281 e. The van der Waals surface area contributed by atoms with E-state index in [9.17, 15) is 13.2 Å². The van der Waals surface area contributed by atoms with Crippen molar-refractivity contribution in [2.45, 2.75) is 12.3 Å². The summed E-state index contributed by atoms with van der Waals surface area (Å²) in [5.41, 5.74) is 6.54. The number of amides is 1. The molecule has 2 heterocycles. The SMILES string of the molecule is CN(C)S(=O)(=O)N1CC(C)(c2nc3c(C(N)=O)cccc3[nH]2)C1. The molecule has 0 atom stereocenters. The van der Waals surface area contributed by atoms with E-state index in [0.717, 1.165) is 0 Å². The Hall–Kier alpha value is -1.97. The Bertz CT molecular complexity index is 881. The van der Waals surface area contributed by atoms with Crippen LogP contribution in [0, 0.1) is 0 Å². The standard InChI is InChI=1S/C14H19N5O3S/c1-14(7-19(8-14)23(21,22)18(2)3)13-16-10-6-4-5-9(12(15)20)11(10)17-13/h4-6H,7-8H2,1-3H3,(H2,15,20)(H,16,17). The van der Waals surface area contributed by atoms with E-state index in [1.807, 2.05) is 13.0 Å². The minimum atomic E-state index is -3.42. The van der Waals surface area contributed by atoms with Gasteiger partial charge in [-0.15, -0.1) is 0 Å². The average Bonchev–Trinajstić information content (AvgIpc) is 2.87. The number of fused-ring (bicyclic) bond motifs is 1. The highest BCUT2D eigenvalue weighted by molar-refractivity contribution is 7.86. The van der Waals surface area contributed by atoms with Gasteiger partial charge in [0.15, 0.2) is 0 Å². The molecule has 0 aliphatic carbocycles. The van der Waals surface area contributed by atoms with Crippen LogP contribution in [-0.4, -0.2) is 60.1 Å². The van der Waals surface area contributed by atoms with Crippen molar-refractivity contribution in [1.29, 1.82) is 0 Å². The van der Waals surface area contributed by atoms with Gasteiger partial charge in [0.1, 0.15) is 11.3 Å². The maximum atomic E-state index is 12.1. The van der Waals surface area contributed by atoms with Gasteiger partial charge in [0.25, 0.3) is 16.1 Å². The molecule has 1 aromatic heterocycles. The maximum Gasteiger partial charge on any atom is 0.281 e. The Labute approximate surface area is 134 Å². The molecule has 0 saturated carbocycles. The molecule has 0 radical (unpaired) electrons. The summed E-state index contributed by atoms with van der Waals surface area (Å²) in [7, 11) is -0.409. The second-order valence-corrected chi connectivity index (χ2v) is 8.41. The van der Waals surface area contributed by atoms with Crippen molar-refractivity contribution in [1.82, 2.24) is 18.6 Å². The number of carbonyl (C=O) groups excluding carboxylic acids is 1. The van der Waals surface area contributed by atoms with Crippen molar-refractivity contribution in [2.75, 3.05) is 27.2 Å². The Balaban J connectivity index is 1.94. The number of carbonyl (C=O) groups is 1. The number of aromatic nitrogens is 2. The lowest BCUT2D eigenvalue weighted by Gasteiger charge is -2.46. The third-order valence-corrected chi connectivity index (χ3v) is 6.02. The number of hydrogen-bond acceptors (Lipinski definition) is 4. The van der Waals surface area contributed by atoms with E-state index in [2.05, 4.69) is 9.97 Å². The van der Waals surface area contributed by atoms with Gasteiger partial charge in [-0.25, -0.2) is 4.98 Å². The van der Waals surface area contributed by atoms with E-state index >= 15 is 0 Å². The zero-order valence-electron chi connectivity index (χ0n) is 13.2. The third kappa shape index (κ3) is 2.41. The van der Waals surface area contributed by atoms with Crippen LogP contribution in [0.5, 0.6) is 0 Å². The summed E-state index contributed by atoms with van der Waals surface area (Å²) in [6.45, 7) is 2.61. The highest BCUT2D eigenvalue weighted by Crippen LogP contribution is 2.35. The molecule has 23 heavy (non-hydrogen) atoms. The van der Waals surface area contributed by atoms with Gasteiger partial charge in [-0.2, -0.15) is 17.0 Å². The van der Waals surface area contributed by atoms with Crippen LogP contribution in [0.2, 0.25) is 0 Å². The molecule has 0 bridgehead atoms. The molecule has 1 aliphatic rings. The van der Waals surface area contributed by atoms with Crippen LogP contribution in [0.25, 0.3) is 11.0 Å². The van der Waals surface area contributed by atoms with Gasteiger partial charge in [-0.3, -0.25) is 4.79 Å². The van der Waals surface area contributed by atoms with Crippen LogP contribution < -0.4 is 5.73 Å². The fourth-order valence-electron chi connectivity index (χ4n) is 2.79. The first-order valence-electron chi connectivity index (χ1n) is 7.12. The van der Waals surface area contributed by atoms with E-state index in [1.54, 1.807) is 12.1 Å². The minimum Gasteiger partial charge on any atom is -0.366 e. The van der Waals surface area contributed by atoms with Gasteiger partial charge in [0.2, 0.25) is 0 Å². The third-order valence-electron chi connectivity index (χ3n) is 4.19. The molecule has 3 rings (SSSR count). The molecule has 2 aromatic rings. The van der Waals surface area contributed by atoms with Crippen LogP contribution in [0.1, 0.15) is 23.1 Å². The quantitative estimate of drug-likeness (QED) is 0.820. The molecule has 9 heteroatoms. The fraction of sp³-hybridized carbons (Fsp3) is 0.429. The van der Waals surface area contributed by atoms with Gasteiger partial charge in [-0.1, -0.05) is 6.07 Å². The number of H-pyrrole nitrogens is 1. The zero-order valence-corrected chi connectivity index (χ0v) is 14.0. The maximum absolute atomic E-state index is 12.1. The molecule has 0 spiro atoms. The number of nitrogens with two attached hydrogens (primary N) is 1. The monoisotopic (exact) mass is 337 g/mol. The normalized spacial score (nSPS) is 18.3. The Morgan fingerprint density at radius 1 is 1.39 bits per heavy atom. The first kappa shape index (κ1) is 15.9. The molecular weight excluding hydrogens is 318 g/mol. The second-order valence-electron chi connectivity index (χ2n) is 6.27. The predicted molar refractivity (Wildman–Crippen MR) is 86.1 cm³/mol. The number of hydrogen-bond donors (Lipinski definition) is 2. The molecule has 1 aromatic carbocycles. The first-order chi connectivity index (χ1) is 10.6. The molecule has 124 valence electrons. The summed E-state index contributed by atoms with van der Waals surface area (Å²) in [4.78, 5) is 19.2. The minimum absolute atomic E-state index is 0.333. The van der Waals surface area contributed by atoms with Crippen molar-refractivity contribution in [3.8, 4) is 0 Å². The summed E-state index contributed by atoms with van der Waals surface area (Å²) in [5, 5.41) is 0. The Morgan fingerprint density at radius 2 is 2.04 bits per heavy atom. The summed E-state index contributed by atoms with van der Waals surface area (Å²) >= 11 is 0. The van der Waals surface area contributed by atoms with E-state index in [1.165, 1.54) is 22.7 Å². The van der Waals surface area contributed by atoms with Gasteiger partial charge >= 0.3 is 0 Å². The number of nitrogens with one attached hydrogen (secondary N) is 1. The number of aromatic amines is 1. The molecule has 1 saturated heterocycles. The number of imidazole rings is 1. The van der Waals surface area contributed by atoms with E-state index in [4.69, 9.17) is 5.73 Å². The van der Waals surface area contributed by atoms with E-state index < -0.39 is 21.5 Å². The highest BCUT2D eigenvalue weighted by atomic mass is 32.2. The molecule has 1 aliphatic heterocycles. The second kappa shape index (κ2) is 5.02. The van der Waals surface area contributed by atoms with Gasteiger partial charge in [0, 0.05) is 27.2 Å². The molecule has 1 amide bonds. The molecular formula is C14H19N5O3S. The number of rotatable bonds is 4. The van der Waals surface area contributed by atoms with Crippen LogP contribution in [0.15, 0.2) is 18.2 Å². The van der Waals surface area contributed by atoms with Crippen LogP contribution >= 0.6 is 0 Å². The van der Waals surface area contributed by atoms with Crippen molar-refractivity contribution < 1.29 is 13.2 Å². The number of benzene rings is 1. The van der Waals surface area contributed by atoms with Crippen molar-refractivity contribution in [3.63, 3.8) is 0 Å². The molecule has 8 nitrogen and oxygen atoms in total. The van der Waals surface area contributed by atoms with Crippen LogP contribution in [0.3, 0.4) is 0 Å². The molecule has 1 fully saturated rings. The van der Waals surface area contributed by atoms with Gasteiger partial charge in [-0.05, 0) is 19.1 Å². The van der Waals surface area contributed by atoms with Crippen molar-refractivity contribution in [3.05, 3.63) is 29.6 Å². The summed E-state index contributed by atoms with van der Waals surface area (Å²) in [6, 6.07) is 5.17. The topological polar surface area (TPSA) is 112 Å². The lowest BCUT2D eigenvalue weighted by atomic mass is 9.83. The van der Waals surface area contributed by atoms with Crippen LogP contribution in [-0.2, 0) is 15.6 Å². The lowest BCUT2D eigenvalue weighted by Crippen LogP contribution is -2.62. The van der Waals surface area contributed by atoms with E-state index in [0.29, 0.717) is 35.5 Å². The number of nitrogens with zero attached hydrogens (tertiary/aromatic N) is 3. The summed E-state index contributed by atoms with van der Waals surface area (Å²) < 4.78 is 26.8. The van der Waals surface area contributed by atoms with Crippen LogP contribution in [0.4, 0.5) is 0 Å². The number of primary amides is 1. The Kier molecular flexibility index (Phi) is 3.47. The zero-order chi connectivity index (χ0) is 17.0. The number of para-hydroxylation sites is 1. The highest BCUT2D eigenvalue weighted by Gasteiger charge is 2.48. The lowest BCUT2D eigenvalue weighted by molar-refractivity contribution is 0.100. The van der Waals surface area contributed by atoms with Gasteiger partial charge in [0.05, 0.1) is 16.5 Å². The average molecular weight is 337 g/mol. The Morgan fingerprint density at radius 3 is 2.61 bits per heavy atom. The van der Waals surface area contributed by atoms with Crippen molar-refractivity contribution in [2.24, 2.45) is 5.73 Å². The van der Waals surface area contributed by atoms with Gasteiger partial charge < -0.3 is 10.7 Å².